The van der Waals surface area contributed by atoms with Crippen molar-refractivity contribution in [1.29, 1.82) is 0 Å². The monoisotopic (exact) mass is 394 g/mol. The van der Waals surface area contributed by atoms with Crippen LogP contribution in [-0.4, -0.2) is 52.2 Å². The van der Waals surface area contributed by atoms with E-state index in [4.69, 9.17) is 0 Å². The maximum Gasteiger partial charge on any atom is 0.416 e. The minimum Gasteiger partial charge on any atom is -0.357 e. The molecule has 0 bridgehead atoms. The van der Waals surface area contributed by atoms with E-state index in [1.807, 2.05) is 6.92 Å². The summed E-state index contributed by atoms with van der Waals surface area (Å²) in [6, 6.07) is 5.01. The number of halogens is 3. The Morgan fingerprint density at radius 2 is 1.85 bits per heavy atom. The van der Waals surface area contributed by atoms with Gasteiger partial charge in [0.1, 0.15) is 0 Å². The standard InChI is InChI=1S/C16H25F3N4O2S/c1-4-20-15(21-10-5-11-22-26(3,24)25)23(2)12-13-6-8-14(9-7-13)16(17,18)19/h6-9,22H,4-5,10-12H2,1-3H3,(H,20,21). The minimum atomic E-state index is -4.35. The van der Waals surface area contributed by atoms with E-state index in [1.54, 1.807) is 11.9 Å². The van der Waals surface area contributed by atoms with E-state index >= 15 is 0 Å². The normalized spacial score (nSPS) is 12.9. The van der Waals surface area contributed by atoms with Gasteiger partial charge in [-0.1, -0.05) is 12.1 Å². The van der Waals surface area contributed by atoms with Crippen LogP contribution in [0, 0.1) is 0 Å². The van der Waals surface area contributed by atoms with Gasteiger partial charge < -0.3 is 10.2 Å². The molecule has 1 rings (SSSR count). The molecule has 0 aliphatic rings. The van der Waals surface area contributed by atoms with Crippen LogP contribution < -0.4 is 10.0 Å². The number of alkyl halides is 3. The summed E-state index contributed by atoms with van der Waals surface area (Å²) < 4.78 is 62.2. The zero-order valence-corrected chi connectivity index (χ0v) is 15.9. The summed E-state index contributed by atoms with van der Waals surface area (Å²) in [4.78, 5) is 6.20. The lowest BCUT2D eigenvalue weighted by molar-refractivity contribution is -0.137. The predicted octanol–water partition coefficient (Wildman–Crippen LogP) is 2.04. The number of benzene rings is 1. The van der Waals surface area contributed by atoms with Gasteiger partial charge in [-0.15, -0.1) is 0 Å². The van der Waals surface area contributed by atoms with Gasteiger partial charge in [0, 0.05) is 33.2 Å². The Balaban J connectivity index is 2.64. The number of nitrogens with zero attached hydrogens (tertiary/aromatic N) is 2. The van der Waals surface area contributed by atoms with Crippen molar-refractivity contribution in [3.8, 4) is 0 Å². The van der Waals surface area contributed by atoms with Gasteiger partial charge >= 0.3 is 6.18 Å². The summed E-state index contributed by atoms with van der Waals surface area (Å²) in [6.07, 6.45) is -2.71. The molecule has 0 aliphatic carbocycles. The quantitative estimate of drug-likeness (QED) is 0.402. The third-order valence-electron chi connectivity index (χ3n) is 3.36. The van der Waals surface area contributed by atoms with Crippen LogP contribution in [0.2, 0.25) is 0 Å². The largest absolute Gasteiger partial charge is 0.416 e. The van der Waals surface area contributed by atoms with Crippen molar-refractivity contribution < 1.29 is 21.6 Å². The van der Waals surface area contributed by atoms with E-state index in [1.165, 1.54) is 12.1 Å². The van der Waals surface area contributed by atoms with Gasteiger partial charge in [-0.25, -0.2) is 13.1 Å². The molecule has 0 unspecified atom stereocenters. The van der Waals surface area contributed by atoms with E-state index in [-0.39, 0.29) is 0 Å². The smallest absolute Gasteiger partial charge is 0.357 e. The molecule has 0 aromatic heterocycles. The number of rotatable bonds is 8. The molecule has 0 heterocycles. The fourth-order valence-corrected chi connectivity index (χ4v) is 2.65. The van der Waals surface area contributed by atoms with E-state index < -0.39 is 21.8 Å². The van der Waals surface area contributed by atoms with Crippen LogP contribution >= 0.6 is 0 Å². The maximum atomic E-state index is 12.6. The van der Waals surface area contributed by atoms with Crippen LogP contribution in [0.25, 0.3) is 0 Å². The molecule has 0 spiro atoms. The highest BCUT2D eigenvalue weighted by molar-refractivity contribution is 7.88. The first-order valence-electron chi connectivity index (χ1n) is 8.13. The summed E-state index contributed by atoms with van der Waals surface area (Å²) in [6.45, 7) is 3.66. The molecule has 148 valence electrons. The molecule has 10 heteroatoms. The summed E-state index contributed by atoms with van der Waals surface area (Å²) in [5.41, 5.74) is 0.0488. The van der Waals surface area contributed by atoms with Gasteiger partial charge in [0.2, 0.25) is 10.0 Å². The molecule has 0 saturated heterocycles. The fourth-order valence-electron chi connectivity index (χ4n) is 2.14. The van der Waals surface area contributed by atoms with E-state index in [0.717, 1.165) is 24.0 Å². The highest BCUT2D eigenvalue weighted by atomic mass is 32.2. The third kappa shape index (κ3) is 8.52. The lowest BCUT2D eigenvalue weighted by atomic mass is 10.1. The first-order valence-corrected chi connectivity index (χ1v) is 10.0. The number of hydrogen-bond acceptors (Lipinski definition) is 3. The lowest BCUT2D eigenvalue weighted by Crippen LogP contribution is -2.38. The molecule has 0 radical (unpaired) electrons. The van der Waals surface area contributed by atoms with Crippen LogP contribution in [0.5, 0.6) is 0 Å². The Morgan fingerprint density at radius 3 is 2.35 bits per heavy atom. The van der Waals surface area contributed by atoms with Gasteiger partial charge in [-0.3, -0.25) is 4.99 Å². The number of aliphatic imine (C=N–C) groups is 1. The van der Waals surface area contributed by atoms with Gasteiger partial charge in [-0.05, 0) is 31.0 Å². The zero-order chi connectivity index (χ0) is 19.8. The van der Waals surface area contributed by atoms with Crippen molar-refractivity contribution in [1.82, 2.24) is 14.9 Å². The second-order valence-electron chi connectivity index (χ2n) is 5.81. The predicted molar refractivity (Wildman–Crippen MR) is 96.4 cm³/mol. The number of nitrogens with one attached hydrogen (secondary N) is 2. The average molecular weight is 394 g/mol. The number of sulfonamides is 1. The summed E-state index contributed by atoms with van der Waals surface area (Å²) in [5, 5.41) is 3.10. The summed E-state index contributed by atoms with van der Waals surface area (Å²) in [7, 11) is -1.43. The Bertz CT molecular complexity index is 688. The van der Waals surface area contributed by atoms with Gasteiger partial charge in [0.25, 0.3) is 0 Å². The maximum absolute atomic E-state index is 12.6. The van der Waals surface area contributed by atoms with Crippen LogP contribution in [0.3, 0.4) is 0 Å². The van der Waals surface area contributed by atoms with Gasteiger partial charge in [0.05, 0.1) is 11.8 Å². The van der Waals surface area contributed by atoms with Crippen LogP contribution in [0.1, 0.15) is 24.5 Å². The van der Waals surface area contributed by atoms with Crippen molar-refractivity contribution in [2.24, 2.45) is 4.99 Å². The Labute approximate surface area is 152 Å². The Morgan fingerprint density at radius 1 is 1.23 bits per heavy atom. The molecule has 0 saturated carbocycles. The van der Waals surface area contributed by atoms with Crippen LogP contribution in [0.15, 0.2) is 29.3 Å². The molecule has 0 atom stereocenters. The van der Waals surface area contributed by atoms with Crippen molar-refractivity contribution in [3.05, 3.63) is 35.4 Å². The van der Waals surface area contributed by atoms with Gasteiger partial charge in [-0.2, -0.15) is 13.2 Å². The third-order valence-corrected chi connectivity index (χ3v) is 4.09. The van der Waals surface area contributed by atoms with E-state index in [9.17, 15) is 21.6 Å². The van der Waals surface area contributed by atoms with Crippen molar-refractivity contribution in [3.63, 3.8) is 0 Å². The second-order valence-corrected chi connectivity index (χ2v) is 7.64. The van der Waals surface area contributed by atoms with E-state index in [2.05, 4.69) is 15.0 Å². The SMILES string of the molecule is CCNC(=NCCCNS(C)(=O)=O)N(C)Cc1ccc(C(F)(F)F)cc1. The minimum absolute atomic E-state index is 0.296. The van der Waals surface area contributed by atoms with Crippen molar-refractivity contribution in [2.45, 2.75) is 26.1 Å². The van der Waals surface area contributed by atoms with Crippen molar-refractivity contribution >= 4 is 16.0 Å². The molecular formula is C16H25F3N4O2S. The molecule has 6 nitrogen and oxygen atoms in total. The Hall–Kier alpha value is -1.81. The molecular weight excluding hydrogens is 369 g/mol. The summed E-state index contributed by atoms with van der Waals surface area (Å²) >= 11 is 0. The molecule has 1 aromatic carbocycles. The molecule has 0 fully saturated rings. The fraction of sp³-hybridized carbons (Fsp3) is 0.562. The zero-order valence-electron chi connectivity index (χ0n) is 15.1. The molecule has 1 aromatic rings. The Kier molecular flexibility index (Phi) is 8.35. The van der Waals surface area contributed by atoms with Gasteiger partial charge in [0.15, 0.2) is 5.96 Å². The summed E-state index contributed by atoms with van der Waals surface area (Å²) in [5.74, 6) is 0.603. The van der Waals surface area contributed by atoms with Crippen LogP contribution in [0.4, 0.5) is 13.2 Å². The average Bonchev–Trinajstić information content (AvgIpc) is 2.52. The van der Waals surface area contributed by atoms with E-state index in [0.29, 0.717) is 38.6 Å². The highest BCUT2D eigenvalue weighted by Crippen LogP contribution is 2.29. The lowest BCUT2D eigenvalue weighted by Gasteiger charge is -2.22. The first-order chi connectivity index (χ1) is 12.0. The molecule has 26 heavy (non-hydrogen) atoms. The molecule has 2 N–H and O–H groups in total. The van der Waals surface area contributed by atoms with Crippen molar-refractivity contribution in [2.75, 3.05) is 32.9 Å². The number of guanidine groups is 1. The highest BCUT2D eigenvalue weighted by Gasteiger charge is 2.29. The number of hydrogen-bond donors (Lipinski definition) is 2. The van der Waals surface area contributed by atoms with Crippen LogP contribution in [-0.2, 0) is 22.7 Å². The topological polar surface area (TPSA) is 73.8 Å². The first kappa shape index (κ1) is 22.2. The second kappa shape index (κ2) is 9.77. The molecule has 0 aliphatic heterocycles. The molecule has 0 amide bonds.